The molecule has 0 aromatic rings. The summed E-state index contributed by atoms with van der Waals surface area (Å²) in [7, 11) is 0. The molecule has 2 rings (SSSR count). The predicted molar refractivity (Wildman–Crippen MR) is 31.8 cm³/mol. The second-order valence-electron chi connectivity index (χ2n) is 2.92. The third-order valence-corrected chi connectivity index (χ3v) is 2.24. The zero-order valence-electron chi connectivity index (χ0n) is 5.30. The Morgan fingerprint density at radius 2 is 2.33 bits per heavy atom. The van der Waals surface area contributed by atoms with Crippen LogP contribution in [0.4, 0.5) is 0 Å². The molecule has 0 aromatic heterocycles. The van der Waals surface area contributed by atoms with Crippen LogP contribution < -0.4 is 0 Å². The highest BCUT2D eigenvalue weighted by Crippen LogP contribution is 2.33. The Morgan fingerprint density at radius 1 is 1.44 bits per heavy atom. The normalized spacial score (nSPS) is 40.7. The van der Waals surface area contributed by atoms with Crippen LogP contribution in [0.5, 0.6) is 0 Å². The summed E-state index contributed by atoms with van der Waals surface area (Å²) < 4.78 is 5.05. The smallest absolute Gasteiger partial charge is 0.309 e. The number of esters is 1. The highest BCUT2D eigenvalue weighted by Gasteiger charge is 2.37. The minimum absolute atomic E-state index is 0.0532. The zero-order chi connectivity index (χ0) is 6.27. The van der Waals surface area contributed by atoms with Crippen molar-refractivity contribution < 1.29 is 9.53 Å². The molecular formula is C7H10O2. The molecule has 1 aliphatic carbocycles. The molecule has 1 saturated heterocycles. The molecule has 0 spiro atoms. The van der Waals surface area contributed by atoms with Crippen LogP contribution in [0.25, 0.3) is 0 Å². The second-order valence-corrected chi connectivity index (χ2v) is 2.92. The van der Waals surface area contributed by atoms with Crippen LogP contribution in [0.2, 0.25) is 0 Å². The van der Waals surface area contributed by atoms with E-state index in [1.165, 1.54) is 6.42 Å². The van der Waals surface area contributed by atoms with E-state index in [-0.39, 0.29) is 18.0 Å². The van der Waals surface area contributed by atoms with E-state index < -0.39 is 0 Å². The van der Waals surface area contributed by atoms with E-state index in [0.717, 1.165) is 19.3 Å². The fourth-order valence-corrected chi connectivity index (χ4v) is 1.73. The topological polar surface area (TPSA) is 26.3 Å². The van der Waals surface area contributed by atoms with E-state index in [0.29, 0.717) is 0 Å². The lowest BCUT2D eigenvalue weighted by molar-refractivity contribution is -0.143. The number of carbonyl (C=O) groups is 1. The fourth-order valence-electron chi connectivity index (χ4n) is 1.73. The van der Waals surface area contributed by atoms with Gasteiger partial charge in [0, 0.05) is 0 Å². The largest absolute Gasteiger partial charge is 0.462 e. The van der Waals surface area contributed by atoms with E-state index in [1.807, 2.05) is 0 Å². The summed E-state index contributed by atoms with van der Waals surface area (Å²) in [5.74, 6) is 0.321. The molecule has 1 unspecified atom stereocenters. The summed E-state index contributed by atoms with van der Waals surface area (Å²) in [5.41, 5.74) is 0. The van der Waals surface area contributed by atoms with Crippen molar-refractivity contribution in [2.24, 2.45) is 5.92 Å². The van der Waals surface area contributed by atoms with Gasteiger partial charge in [0.1, 0.15) is 6.10 Å². The van der Waals surface area contributed by atoms with Gasteiger partial charge in [-0.25, -0.2) is 0 Å². The van der Waals surface area contributed by atoms with Crippen molar-refractivity contribution in [3.05, 3.63) is 0 Å². The van der Waals surface area contributed by atoms with Crippen molar-refractivity contribution in [2.45, 2.75) is 31.8 Å². The van der Waals surface area contributed by atoms with Gasteiger partial charge in [0.05, 0.1) is 5.92 Å². The number of fused-ring (bicyclic) bond motifs is 2. The Kier molecular flexibility index (Phi) is 1.01. The summed E-state index contributed by atoms with van der Waals surface area (Å²) >= 11 is 0. The van der Waals surface area contributed by atoms with Gasteiger partial charge in [0.2, 0.25) is 0 Å². The van der Waals surface area contributed by atoms with Gasteiger partial charge in [0.15, 0.2) is 0 Å². The number of hydrogen-bond acceptors (Lipinski definition) is 2. The summed E-state index contributed by atoms with van der Waals surface area (Å²) in [4.78, 5) is 10.8. The van der Waals surface area contributed by atoms with Crippen LogP contribution in [0.15, 0.2) is 0 Å². The monoisotopic (exact) mass is 126 g/mol. The van der Waals surface area contributed by atoms with E-state index >= 15 is 0 Å². The van der Waals surface area contributed by atoms with Crippen molar-refractivity contribution in [1.82, 2.24) is 0 Å². The predicted octanol–water partition coefficient (Wildman–Crippen LogP) is 1.10. The van der Waals surface area contributed by atoms with Crippen LogP contribution >= 0.6 is 0 Å². The Hall–Kier alpha value is -0.530. The van der Waals surface area contributed by atoms with E-state index in [4.69, 9.17) is 4.74 Å². The molecule has 2 nitrogen and oxygen atoms in total. The molecule has 50 valence electrons. The lowest BCUT2D eigenvalue weighted by Gasteiger charge is -2.12. The van der Waals surface area contributed by atoms with Crippen LogP contribution in [-0.2, 0) is 9.53 Å². The first-order valence-corrected chi connectivity index (χ1v) is 3.57. The van der Waals surface area contributed by atoms with Gasteiger partial charge in [-0.05, 0) is 25.7 Å². The van der Waals surface area contributed by atoms with E-state index in [9.17, 15) is 4.79 Å². The van der Waals surface area contributed by atoms with Crippen molar-refractivity contribution in [3.63, 3.8) is 0 Å². The van der Waals surface area contributed by atoms with E-state index in [2.05, 4.69) is 0 Å². The highest BCUT2D eigenvalue weighted by atomic mass is 16.6. The Balaban J connectivity index is 2.15. The minimum Gasteiger partial charge on any atom is -0.462 e. The maximum atomic E-state index is 10.8. The quantitative estimate of drug-likeness (QED) is 0.454. The highest BCUT2D eigenvalue weighted by molar-refractivity contribution is 5.74. The molecule has 0 aromatic carbocycles. The number of hydrogen-bond donors (Lipinski definition) is 0. The standard InChI is InChI=1S/C7H10O2/c8-7-5-2-1-3-6(4-5)9-7/h5-6H,1-4H2/t5-,6?/m1/s1. The Morgan fingerprint density at radius 3 is 3.00 bits per heavy atom. The van der Waals surface area contributed by atoms with Gasteiger partial charge in [-0.1, -0.05) is 0 Å². The SMILES string of the molecule is O=C1OC2CCC[C@@H]1C2. The van der Waals surface area contributed by atoms with Gasteiger partial charge in [-0.15, -0.1) is 0 Å². The number of rotatable bonds is 0. The Bertz CT molecular complexity index is 142. The van der Waals surface area contributed by atoms with Crippen molar-refractivity contribution in [1.29, 1.82) is 0 Å². The molecule has 0 amide bonds. The van der Waals surface area contributed by atoms with Crippen molar-refractivity contribution in [3.8, 4) is 0 Å². The molecule has 0 radical (unpaired) electrons. The van der Waals surface area contributed by atoms with Gasteiger partial charge in [-0.2, -0.15) is 0 Å². The molecule has 2 atom stereocenters. The average molecular weight is 126 g/mol. The summed E-state index contributed by atoms with van der Waals surface area (Å²) in [6.07, 6.45) is 4.63. The lowest BCUT2D eigenvalue weighted by Crippen LogP contribution is -2.10. The van der Waals surface area contributed by atoms with Gasteiger partial charge >= 0.3 is 5.97 Å². The maximum Gasteiger partial charge on any atom is 0.309 e. The number of ether oxygens (including phenoxy) is 1. The maximum absolute atomic E-state index is 10.8. The van der Waals surface area contributed by atoms with Gasteiger partial charge < -0.3 is 4.74 Å². The molecule has 1 aliphatic heterocycles. The zero-order valence-corrected chi connectivity index (χ0v) is 5.30. The molecule has 2 fully saturated rings. The second kappa shape index (κ2) is 1.72. The average Bonchev–Trinajstić information content (AvgIpc) is 2.09. The van der Waals surface area contributed by atoms with Gasteiger partial charge in [0.25, 0.3) is 0 Å². The van der Waals surface area contributed by atoms with Crippen LogP contribution in [0.3, 0.4) is 0 Å². The molecule has 2 heteroatoms. The molecule has 9 heavy (non-hydrogen) atoms. The fraction of sp³-hybridized carbons (Fsp3) is 0.857. The third-order valence-electron chi connectivity index (χ3n) is 2.24. The minimum atomic E-state index is 0.0532. The summed E-state index contributed by atoms with van der Waals surface area (Å²) in [6.45, 7) is 0. The molecule has 0 N–H and O–H groups in total. The van der Waals surface area contributed by atoms with Crippen molar-refractivity contribution >= 4 is 5.97 Å². The first-order chi connectivity index (χ1) is 4.36. The summed E-state index contributed by atoms with van der Waals surface area (Å²) in [6, 6.07) is 0. The van der Waals surface area contributed by atoms with Crippen molar-refractivity contribution in [2.75, 3.05) is 0 Å². The van der Waals surface area contributed by atoms with Gasteiger partial charge in [-0.3, -0.25) is 4.79 Å². The summed E-state index contributed by atoms with van der Waals surface area (Å²) in [5, 5.41) is 0. The van der Waals surface area contributed by atoms with Crippen LogP contribution in [0, 0.1) is 5.92 Å². The molecule has 1 saturated carbocycles. The lowest BCUT2D eigenvalue weighted by atomic mass is 9.90. The first-order valence-electron chi connectivity index (χ1n) is 3.57. The van der Waals surface area contributed by atoms with Crippen LogP contribution in [0.1, 0.15) is 25.7 Å². The third kappa shape index (κ3) is 0.732. The Labute approximate surface area is 54.2 Å². The number of carbonyl (C=O) groups excluding carboxylic acids is 1. The molecule has 2 aliphatic rings. The molecule has 1 heterocycles. The molecular weight excluding hydrogens is 116 g/mol. The van der Waals surface area contributed by atoms with E-state index in [1.54, 1.807) is 0 Å². The van der Waals surface area contributed by atoms with Crippen LogP contribution in [-0.4, -0.2) is 12.1 Å². The first kappa shape index (κ1) is 5.27. The molecule has 2 bridgehead atoms.